The minimum absolute atomic E-state index is 0.0446. The first-order valence-corrected chi connectivity index (χ1v) is 14.2. The molecule has 4 amide bonds. The first-order valence-electron chi connectivity index (χ1n) is 14.2. The maximum atomic E-state index is 13.4. The summed E-state index contributed by atoms with van der Waals surface area (Å²) >= 11 is 0. The van der Waals surface area contributed by atoms with Crippen molar-refractivity contribution in [2.24, 2.45) is 5.73 Å². The molecule has 1 heterocycles. The molecule has 2 rings (SSSR count). The third-order valence-corrected chi connectivity index (χ3v) is 6.81. The summed E-state index contributed by atoms with van der Waals surface area (Å²) in [6.07, 6.45) is 7.34. The van der Waals surface area contributed by atoms with Crippen molar-refractivity contribution in [3.63, 3.8) is 0 Å². The molecule has 3 atom stereocenters. The molecule has 8 N–H and O–H groups in total. The maximum Gasteiger partial charge on any atom is 0.305 e. The second-order valence-corrected chi connectivity index (χ2v) is 10.3. The molecule has 230 valence electrons. The molecular weight excluding hydrogens is 546 g/mol. The number of fused-ring (bicyclic) bond motifs is 1. The van der Waals surface area contributed by atoms with Crippen molar-refractivity contribution in [2.75, 3.05) is 0 Å². The molecule has 1 aromatic heterocycles. The molecular formula is C29H41N5O8. The van der Waals surface area contributed by atoms with Crippen LogP contribution in [0, 0.1) is 0 Å². The molecule has 0 saturated carbocycles. The number of aromatic amines is 1. The van der Waals surface area contributed by atoms with E-state index in [1.807, 2.05) is 24.3 Å². The number of aliphatic carboxylic acids is 2. The van der Waals surface area contributed by atoms with Gasteiger partial charge in [-0.15, -0.1) is 0 Å². The molecule has 0 radical (unpaired) electrons. The number of primary amides is 1. The molecule has 0 spiro atoms. The highest BCUT2D eigenvalue weighted by molar-refractivity contribution is 5.96. The van der Waals surface area contributed by atoms with E-state index in [4.69, 9.17) is 10.8 Å². The lowest BCUT2D eigenvalue weighted by Crippen LogP contribution is -2.57. The summed E-state index contributed by atoms with van der Waals surface area (Å²) in [5.41, 5.74) is 6.71. The van der Waals surface area contributed by atoms with Gasteiger partial charge in [0, 0.05) is 29.9 Å². The first kappa shape index (κ1) is 33.8. The maximum absolute atomic E-state index is 13.4. The average molecular weight is 588 g/mol. The molecule has 13 heteroatoms. The van der Waals surface area contributed by atoms with Crippen LogP contribution in [0.5, 0.6) is 0 Å². The summed E-state index contributed by atoms with van der Waals surface area (Å²) in [7, 11) is 0. The first-order chi connectivity index (χ1) is 20.0. The zero-order chi connectivity index (χ0) is 31.1. The summed E-state index contributed by atoms with van der Waals surface area (Å²) in [6.45, 7) is 2.14. The minimum Gasteiger partial charge on any atom is -0.481 e. The van der Waals surface area contributed by atoms with Gasteiger partial charge in [-0.25, -0.2) is 0 Å². The number of carboxylic acids is 2. The van der Waals surface area contributed by atoms with Gasteiger partial charge in [-0.05, 0) is 18.1 Å². The third-order valence-electron chi connectivity index (χ3n) is 6.81. The van der Waals surface area contributed by atoms with Gasteiger partial charge in [-0.1, -0.05) is 63.6 Å². The zero-order valence-electron chi connectivity index (χ0n) is 23.8. The second-order valence-electron chi connectivity index (χ2n) is 10.3. The summed E-state index contributed by atoms with van der Waals surface area (Å²) < 4.78 is 0. The summed E-state index contributed by atoms with van der Waals surface area (Å²) in [6, 6.07) is 2.93. The predicted octanol–water partition coefficient (Wildman–Crippen LogP) is 1.74. The van der Waals surface area contributed by atoms with Crippen molar-refractivity contribution in [1.82, 2.24) is 20.9 Å². The number of carbonyl (C=O) groups is 6. The number of hydrogen-bond donors (Lipinski definition) is 7. The van der Waals surface area contributed by atoms with E-state index in [-0.39, 0.29) is 18.7 Å². The molecule has 0 aliphatic rings. The van der Waals surface area contributed by atoms with E-state index in [9.17, 15) is 33.9 Å². The van der Waals surface area contributed by atoms with Gasteiger partial charge in [-0.2, -0.15) is 0 Å². The SMILES string of the molecule is CCCCCCCCCC(=O)NC(Cc1c[nH]c2ccccc12)C(=O)NC(CC(=O)O)C(=O)NC(CC(=O)O)C(N)=O. The lowest BCUT2D eigenvalue weighted by Gasteiger charge is -2.24. The molecule has 2 aromatic rings. The highest BCUT2D eigenvalue weighted by atomic mass is 16.4. The minimum atomic E-state index is -1.67. The number of carbonyl (C=O) groups excluding carboxylic acids is 4. The summed E-state index contributed by atoms with van der Waals surface area (Å²) in [5, 5.41) is 26.3. The standard InChI is InChI=1S/C29H41N5O8/c1-2-3-4-5-6-7-8-13-24(35)32-22(14-18-17-31-20-12-10-9-11-19(18)20)28(41)34-23(16-26(38)39)29(42)33-21(27(30)40)15-25(36)37/h9-12,17,21-23,31H,2-8,13-16H2,1H3,(H2,30,40)(H,32,35)(H,33,42)(H,34,41)(H,36,37)(H,38,39). The molecule has 0 fully saturated rings. The van der Waals surface area contributed by atoms with Gasteiger partial charge in [-0.3, -0.25) is 28.8 Å². The van der Waals surface area contributed by atoms with Gasteiger partial charge in [0.2, 0.25) is 23.6 Å². The van der Waals surface area contributed by atoms with E-state index in [1.165, 1.54) is 6.42 Å². The topological polar surface area (TPSA) is 221 Å². The highest BCUT2D eigenvalue weighted by Crippen LogP contribution is 2.19. The molecule has 0 aliphatic carbocycles. The normalized spacial score (nSPS) is 13.1. The Morgan fingerprint density at radius 3 is 2.00 bits per heavy atom. The fourth-order valence-corrected chi connectivity index (χ4v) is 4.56. The Bertz CT molecular complexity index is 1240. The van der Waals surface area contributed by atoms with Gasteiger partial charge >= 0.3 is 11.9 Å². The van der Waals surface area contributed by atoms with Crippen molar-refractivity contribution < 1.29 is 39.0 Å². The van der Waals surface area contributed by atoms with Crippen LogP contribution in [-0.2, 0) is 35.2 Å². The third kappa shape index (κ3) is 11.6. The van der Waals surface area contributed by atoms with Crippen molar-refractivity contribution in [3.05, 3.63) is 36.0 Å². The average Bonchev–Trinajstić information content (AvgIpc) is 3.33. The molecule has 42 heavy (non-hydrogen) atoms. The number of nitrogens with two attached hydrogens (primary N) is 1. The molecule has 3 unspecified atom stereocenters. The fraction of sp³-hybridized carbons (Fsp3) is 0.517. The van der Waals surface area contributed by atoms with Crippen LogP contribution in [0.15, 0.2) is 30.5 Å². The van der Waals surface area contributed by atoms with Crippen LogP contribution < -0.4 is 21.7 Å². The number of benzene rings is 1. The van der Waals surface area contributed by atoms with Crippen molar-refractivity contribution in [3.8, 4) is 0 Å². The highest BCUT2D eigenvalue weighted by Gasteiger charge is 2.31. The number of unbranched alkanes of at least 4 members (excludes halogenated alkanes) is 6. The van der Waals surface area contributed by atoms with Crippen LogP contribution in [0.3, 0.4) is 0 Å². The summed E-state index contributed by atoms with van der Waals surface area (Å²) in [4.78, 5) is 76.3. The second kappa shape index (κ2) is 17.4. The van der Waals surface area contributed by atoms with E-state index < -0.39 is 60.6 Å². The van der Waals surface area contributed by atoms with Crippen LogP contribution in [0.25, 0.3) is 10.9 Å². The van der Waals surface area contributed by atoms with Crippen LogP contribution in [0.4, 0.5) is 0 Å². The van der Waals surface area contributed by atoms with E-state index in [2.05, 4.69) is 27.9 Å². The van der Waals surface area contributed by atoms with E-state index in [0.717, 1.165) is 48.6 Å². The van der Waals surface area contributed by atoms with Gasteiger partial charge in [0.15, 0.2) is 0 Å². The lowest BCUT2D eigenvalue weighted by atomic mass is 10.0. The van der Waals surface area contributed by atoms with Crippen molar-refractivity contribution >= 4 is 46.5 Å². The van der Waals surface area contributed by atoms with Crippen molar-refractivity contribution in [1.29, 1.82) is 0 Å². The molecule has 0 bridgehead atoms. The summed E-state index contributed by atoms with van der Waals surface area (Å²) in [5.74, 6) is -6.26. The van der Waals surface area contributed by atoms with E-state index in [0.29, 0.717) is 6.42 Å². The molecule has 13 nitrogen and oxygen atoms in total. The Morgan fingerprint density at radius 1 is 0.786 bits per heavy atom. The Balaban J connectivity index is 2.17. The number of amides is 4. The largest absolute Gasteiger partial charge is 0.481 e. The molecule has 0 aliphatic heterocycles. The predicted molar refractivity (Wildman–Crippen MR) is 154 cm³/mol. The zero-order valence-corrected chi connectivity index (χ0v) is 23.8. The smallest absolute Gasteiger partial charge is 0.305 e. The molecule has 0 saturated heterocycles. The van der Waals surface area contributed by atoms with Gasteiger partial charge in [0.25, 0.3) is 0 Å². The number of para-hydroxylation sites is 1. The lowest BCUT2D eigenvalue weighted by molar-refractivity contribution is -0.143. The van der Waals surface area contributed by atoms with Crippen LogP contribution in [0.2, 0.25) is 0 Å². The van der Waals surface area contributed by atoms with Crippen molar-refractivity contribution in [2.45, 2.75) is 95.7 Å². The monoisotopic (exact) mass is 587 g/mol. The van der Waals surface area contributed by atoms with Crippen LogP contribution in [-0.4, -0.2) is 68.9 Å². The Morgan fingerprint density at radius 2 is 1.36 bits per heavy atom. The van der Waals surface area contributed by atoms with E-state index >= 15 is 0 Å². The Labute approximate surface area is 244 Å². The number of H-pyrrole nitrogens is 1. The van der Waals surface area contributed by atoms with Gasteiger partial charge < -0.3 is 36.9 Å². The van der Waals surface area contributed by atoms with E-state index in [1.54, 1.807) is 6.20 Å². The van der Waals surface area contributed by atoms with Crippen LogP contribution >= 0.6 is 0 Å². The number of carboxylic acid groups (broad SMARTS) is 2. The van der Waals surface area contributed by atoms with Gasteiger partial charge in [0.1, 0.15) is 18.1 Å². The van der Waals surface area contributed by atoms with Gasteiger partial charge in [0.05, 0.1) is 12.8 Å². The molecule has 1 aromatic carbocycles. The number of hydrogen-bond acceptors (Lipinski definition) is 6. The fourth-order valence-electron chi connectivity index (χ4n) is 4.56. The number of aromatic nitrogens is 1. The Hall–Kier alpha value is -4.42. The number of rotatable bonds is 20. The Kier molecular flexibility index (Phi) is 14.0. The van der Waals surface area contributed by atoms with Crippen LogP contribution in [0.1, 0.15) is 76.7 Å². The number of nitrogens with one attached hydrogen (secondary N) is 4. The quantitative estimate of drug-likeness (QED) is 0.113.